The van der Waals surface area contributed by atoms with Gasteiger partial charge in [0.25, 0.3) is 5.91 Å². The Labute approximate surface area is 158 Å². The average molecular weight is 385 g/mol. The van der Waals surface area contributed by atoms with Crippen molar-refractivity contribution in [3.05, 3.63) is 70.9 Å². The van der Waals surface area contributed by atoms with Crippen LogP contribution in [-0.4, -0.2) is 15.7 Å². The largest absolute Gasteiger partial charge is 0.416 e. The van der Waals surface area contributed by atoms with Crippen molar-refractivity contribution in [2.75, 3.05) is 11.1 Å². The number of carbonyl (C=O) groups is 1. The first kappa shape index (κ1) is 19.0. The molecule has 1 heterocycles. The van der Waals surface area contributed by atoms with Gasteiger partial charge in [-0.05, 0) is 36.8 Å². The highest BCUT2D eigenvalue weighted by molar-refractivity contribution is 6.07. The zero-order valence-electron chi connectivity index (χ0n) is 14.6. The van der Waals surface area contributed by atoms with Crippen molar-refractivity contribution in [3.8, 4) is 11.8 Å². The summed E-state index contributed by atoms with van der Waals surface area (Å²) in [6.07, 6.45) is -3.33. The Balaban J connectivity index is 1.91. The van der Waals surface area contributed by atoms with Gasteiger partial charge in [0, 0.05) is 0 Å². The molecule has 1 aromatic heterocycles. The van der Waals surface area contributed by atoms with E-state index in [9.17, 15) is 18.0 Å². The summed E-state index contributed by atoms with van der Waals surface area (Å²) >= 11 is 0. The maximum Gasteiger partial charge on any atom is 0.416 e. The fourth-order valence-electron chi connectivity index (χ4n) is 2.64. The van der Waals surface area contributed by atoms with Crippen LogP contribution in [0.1, 0.15) is 27.0 Å². The van der Waals surface area contributed by atoms with E-state index < -0.39 is 17.6 Å². The Morgan fingerprint density at radius 3 is 2.61 bits per heavy atom. The number of para-hydroxylation sites is 1. The molecule has 2 aromatic carbocycles. The molecule has 0 fully saturated rings. The second-order valence-electron chi connectivity index (χ2n) is 5.97. The van der Waals surface area contributed by atoms with E-state index in [-0.39, 0.29) is 22.6 Å². The van der Waals surface area contributed by atoms with E-state index in [0.717, 1.165) is 17.7 Å². The third kappa shape index (κ3) is 3.53. The van der Waals surface area contributed by atoms with Crippen molar-refractivity contribution >= 4 is 17.4 Å². The van der Waals surface area contributed by atoms with Gasteiger partial charge in [0.05, 0.1) is 28.7 Å². The van der Waals surface area contributed by atoms with E-state index in [1.807, 2.05) is 19.1 Å². The Hall–Kier alpha value is -3.80. The van der Waals surface area contributed by atoms with Gasteiger partial charge < -0.3 is 11.1 Å². The molecule has 0 radical (unpaired) electrons. The molecule has 0 aliphatic carbocycles. The number of anilines is 2. The van der Waals surface area contributed by atoms with Crippen molar-refractivity contribution < 1.29 is 18.0 Å². The highest BCUT2D eigenvalue weighted by atomic mass is 19.4. The summed E-state index contributed by atoms with van der Waals surface area (Å²) in [6.45, 7) is 1.86. The van der Waals surface area contributed by atoms with Gasteiger partial charge in [-0.1, -0.05) is 18.2 Å². The summed E-state index contributed by atoms with van der Waals surface area (Å²) in [5.41, 5.74) is 6.30. The molecular formula is C19H14F3N5O. The first-order valence-electron chi connectivity index (χ1n) is 8.04. The maximum atomic E-state index is 12.8. The molecule has 0 atom stereocenters. The fraction of sp³-hybridized carbons (Fsp3) is 0.105. The summed E-state index contributed by atoms with van der Waals surface area (Å²) < 4.78 is 39.8. The zero-order chi connectivity index (χ0) is 20.5. The number of halogens is 3. The number of aryl methyl sites for hydroxylation is 1. The Morgan fingerprint density at radius 2 is 1.96 bits per heavy atom. The summed E-state index contributed by atoms with van der Waals surface area (Å²) in [7, 11) is 0. The lowest BCUT2D eigenvalue weighted by Crippen LogP contribution is -2.15. The van der Waals surface area contributed by atoms with Crippen LogP contribution in [0.5, 0.6) is 0 Å². The smallest absolute Gasteiger partial charge is 0.383 e. The van der Waals surface area contributed by atoms with Crippen molar-refractivity contribution in [1.82, 2.24) is 9.78 Å². The van der Waals surface area contributed by atoms with Crippen molar-refractivity contribution in [1.29, 1.82) is 5.26 Å². The SMILES string of the molecule is Cc1ccccc1-n1ncc(C(=O)Nc2ccc(C(F)(F)F)cc2C#N)c1N. The van der Waals surface area contributed by atoms with E-state index in [0.29, 0.717) is 11.8 Å². The molecule has 0 aliphatic rings. The fourth-order valence-corrected chi connectivity index (χ4v) is 2.64. The van der Waals surface area contributed by atoms with Gasteiger partial charge in [-0.3, -0.25) is 4.79 Å². The lowest BCUT2D eigenvalue weighted by molar-refractivity contribution is -0.137. The topological polar surface area (TPSA) is 96.7 Å². The number of alkyl halides is 3. The first-order valence-corrected chi connectivity index (χ1v) is 8.04. The second kappa shape index (κ2) is 7.08. The Morgan fingerprint density at radius 1 is 1.25 bits per heavy atom. The van der Waals surface area contributed by atoms with E-state index in [1.54, 1.807) is 18.2 Å². The van der Waals surface area contributed by atoms with Crippen LogP contribution in [0.15, 0.2) is 48.7 Å². The molecule has 28 heavy (non-hydrogen) atoms. The third-order valence-corrected chi connectivity index (χ3v) is 4.11. The number of amides is 1. The van der Waals surface area contributed by atoms with Gasteiger partial charge in [0.15, 0.2) is 0 Å². The van der Waals surface area contributed by atoms with Crippen LogP contribution in [0, 0.1) is 18.3 Å². The average Bonchev–Trinajstić information content (AvgIpc) is 3.03. The van der Waals surface area contributed by atoms with Crippen molar-refractivity contribution in [2.24, 2.45) is 0 Å². The first-order chi connectivity index (χ1) is 13.2. The minimum absolute atomic E-state index is 0.0343. The number of rotatable bonds is 3. The number of carbonyl (C=O) groups excluding carboxylic acids is 1. The Bertz CT molecular complexity index is 1100. The predicted molar refractivity (Wildman–Crippen MR) is 96.8 cm³/mol. The summed E-state index contributed by atoms with van der Waals surface area (Å²) in [6, 6.07) is 11.4. The third-order valence-electron chi connectivity index (χ3n) is 4.11. The van der Waals surface area contributed by atoms with Crippen molar-refractivity contribution in [2.45, 2.75) is 13.1 Å². The minimum atomic E-state index is -4.59. The van der Waals surface area contributed by atoms with Gasteiger partial charge in [0.2, 0.25) is 0 Å². The molecule has 3 aromatic rings. The number of nitriles is 1. The normalized spacial score (nSPS) is 11.1. The molecule has 6 nitrogen and oxygen atoms in total. The molecule has 0 spiro atoms. The molecule has 0 saturated carbocycles. The van der Waals surface area contributed by atoms with Crippen LogP contribution in [0.4, 0.5) is 24.7 Å². The molecule has 3 rings (SSSR count). The number of hydrogen-bond acceptors (Lipinski definition) is 4. The standard InChI is InChI=1S/C19H14F3N5O/c1-11-4-2-3-5-16(11)27-17(24)14(10-25-27)18(28)26-15-7-6-13(19(20,21)22)8-12(15)9-23/h2-8,10H,24H2,1H3,(H,26,28). The number of nitrogens with zero attached hydrogens (tertiary/aromatic N) is 3. The number of benzene rings is 2. The van der Waals surface area contributed by atoms with Crippen LogP contribution >= 0.6 is 0 Å². The lowest BCUT2D eigenvalue weighted by Gasteiger charge is -2.11. The molecule has 3 N–H and O–H groups in total. The number of hydrogen-bond donors (Lipinski definition) is 2. The molecule has 142 valence electrons. The van der Waals surface area contributed by atoms with Crippen LogP contribution < -0.4 is 11.1 Å². The Kier molecular flexibility index (Phi) is 4.79. The minimum Gasteiger partial charge on any atom is -0.383 e. The molecule has 9 heteroatoms. The highest BCUT2D eigenvalue weighted by Gasteiger charge is 2.31. The van der Waals surface area contributed by atoms with E-state index in [4.69, 9.17) is 11.0 Å². The molecule has 0 unspecified atom stereocenters. The van der Waals surface area contributed by atoms with Gasteiger partial charge in [-0.25, -0.2) is 4.68 Å². The summed E-state index contributed by atoms with van der Waals surface area (Å²) in [5.74, 6) is -0.620. The molecule has 0 bridgehead atoms. The van der Waals surface area contributed by atoms with Gasteiger partial charge in [-0.15, -0.1) is 0 Å². The molecule has 0 saturated heterocycles. The van der Waals surface area contributed by atoms with Gasteiger partial charge >= 0.3 is 6.18 Å². The number of aromatic nitrogens is 2. The monoisotopic (exact) mass is 385 g/mol. The van der Waals surface area contributed by atoms with Crippen LogP contribution in [0.25, 0.3) is 5.69 Å². The van der Waals surface area contributed by atoms with Crippen LogP contribution in [0.2, 0.25) is 0 Å². The van der Waals surface area contributed by atoms with Crippen LogP contribution in [0.3, 0.4) is 0 Å². The lowest BCUT2D eigenvalue weighted by atomic mass is 10.1. The highest BCUT2D eigenvalue weighted by Crippen LogP contribution is 2.32. The zero-order valence-corrected chi connectivity index (χ0v) is 14.6. The van der Waals surface area contributed by atoms with E-state index in [2.05, 4.69) is 10.4 Å². The van der Waals surface area contributed by atoms with Gasteiger partial charge in [0.1, 0.15) is 17.5 Å². The predicted octanol–water partition coefficient (Wildman–Crippen LogP) is 3.91. The second-order valence-corrected chi connectivity index (χ2v) is 5.97. The quantitative estimate of drug-likeness (QED) is 0.714. The number of nitrogens with one attached hydrogen (secondary N) is 1. The maximum absolute atomic E-state index is 12.8. The summed E-state index contributed by atoms with van der Waals surface area (Å²) in [5, 5.41) is 15.7. The molecular weight excluding hydrogens is 371 g/mol. The number of nitrogens with two attached hydrogens (primary N) is 1. The van der Waals surface area contributed by atoms with Gasteiger partial charge in [-0.2, -0.15) is 23.5 Å². The molecule has 0 aliphatic heterocycles. The van der Waals surface area contributed by atoms with E-state index >= 15 is 0 Å². The summed E-state index contributed by atoms with van der Waals surface area (Å²) in [4.78, 5) is 12.5. The van der Waals surface area contributed by atoms with Crippen molar-refractivity contribution in [3.63, 3.8) is 0 Å². The number of nitrogen functional groups attached to an aromatic ring is 1. The van der Waals surface area contributed by atoms with E-state index in [1.165, 1.54) is 10.9 Å². The van der Waals surface area contributed by atoms with Crippen LogP contribution in [-0.2, 0) is 6.18 Å². The molecule has 1 amide bonds.